The largest absolute Gasteiger partial charge is 0.444 e. The third-order valence-corrected chi connectivity index (χ3v) is 5.66. The Morgan fingerprint density at radius 1 is 0.933 bits per heavy atom. The SMILES string of the molecule is CC(C)(C)OC(=O)N1CCN([C@@H]2CCN(C(=O)CCC(=O)c3ccccc3)C2)CC1. The molecule has 1 aromatic carbocycles. The lowest BCUT2D eigenvalue weighted by Crippen LogP contribution is -2.53. The number of Topliss-reactive ketones (excluding diaryl/α,β-unsaturated/α-hetero) is 1. The van der Waals surface area contributed by atoms with Gasteiger partial charge in [-0.15, -0.1) is 0 Å². The van der Waals surface area contributed by atoms with Crippen molar-refractivity contribution in [3.05, 3.63) is 35.9 Å². The van der Waals surface area contributed by atoms with Crippen LogP contribution in [0.25, 0.3) is 0 Å². The number of benzene rings is 1. The molecule has 0 bridgehead atoms. The smallest absolute Gasteiger partial charge is 0.410 e. The molecule has 0 aromatic heterocycles. The lowest BCUT2D eigenvalue weighted by Gasteiger charge is -2.38. The summed E-state index contributed by atoms with van der Waals surface area (Å²) in [6.45, 7) is 9.92. The Hall–Kier alpha value is -2.41. The van der Waals surface area contributed by atoms with Crippen molar-refractivity contribution < 1.29 is 19.1 Å². The first-order chi connectivity index (χ1) is 14.2. The normalized spacial score (nSPS) is 20.3. The van der Waals surface area contributed by atoms with Crippen molar-refractivity contribution in [2.24, 2.45) is 0 Å². The average Bonchev–Trinajstić information content (AvgIpc) is 3.21. The molecule has 2 aliphatic rings. The second-order valence-corrected chi connectivity index (χ2v) is 9.07. The second kappa shape index (κ2) is 9.60. The summed E-state index contributed by atoms with van der Waals surface area (Å²) in [6.07, 6.45) is 1.18. The van der Waals surface area contributed by atoms with Crippen molar-refractivity contribution in [2.75, 3.05) is 39.3 Å². The molecule has 3 rings (SSSR count). The van der Waals surface area contributed by atoms with Gasteiger partial charge < -0.3 is 14.5 Å². The molecule has 7 heteroatoms. The van der Waals surface area contributed by atoms with Crippen LogP contribution in [0.5, 0.6) is 0 Å². The molecule has 164 valence electrons. The molecule has 0 spiro atoms. The molecule has 0 N–H and O–H groups in total. The monoisotopic (exact) mass is 415 g/mol. The highest BCUT2D eigenvalue weighted by Crippen LogP contribution is 2.20. The summed E-state index contributed by atoms with van der Waals surface area (Å²) in [7, 11) is 0. The van der Waals surface area contributed by atoms with Crippen LogP contribution in [0.4, 0.5) is 4.79 Å². The van der Waals surface area contributed by atoms with E-state index in [1.54, 1.807) is 17.0 Å². The minimum absolute atomic E-state index is 0.0120. The molecule has 30 heavy (non-hydrogen) atoms. The van der Waals surface area contributed by atoms with Gasteiger partial charge in [-0.25, -0.2) is 4.79 Å². The number of carbonyl (C=O) groups excluding carboxylic acids is 3. The minimum Gasteiger partial charge on any atom is -0.444 e. The molecule has 0 radical (unpaired) electrons. The zero-order chi connectivity index (χ0) is 21.7. The molecule has 2 heterocycles. The molecular weight excluding hydrogens is 382 g/mol. The van der Waals surface area contributed by atoms with Crippen LogP contribution in [-0.2, 0) is 9.53 Å². The van der Waals surface area contributed by atoms with E-state index < -0.39 is 5.60 Å². The lowest BCUT2D eigenvalue weighted by atomic mass is 10.1. The van der Waals surface area contributed by atoms with E-state index in [1.165, 1.54) is 0 Å². The predicted molar refractivity (Wildman–Crippen MR) is 114 cm³/mol. The molecule has 1 aromatic rings. The van der Waals surface area contributed by atoms with Crippen molar-refractivity contribution in [1.29, 1.82) is 0 Å². The summed E-state index contributed by atoms with van der Waals surface area (Å²) in [6, 6.07) is 9.44. The van der Waals surface area contributed by atoms with Crippen LogP contribution < -0.4 is 0 Å². The zero-order valence-corrected chi connectivity index (χ0v) is 18.3. The van der Waals surface area contributed by atoms with Crippen LogP contribution in [0.3, 0.4) is 0 Å². The van der Waals surface area contributed by atoms with E-state index in [1.807, 2.05) is 43.9 Å². The van der Waals surface area contributed by atoms with Crippen molar-refractivity contribution >= 4 is 17.8 Å². The number of hydrogen-bond acceptors (Lipinski definition) is 5. The number of likely N-dealkylation sites (tertiary alicyclic amines) is 1. The van der Waals surface area contributed by atoms with E-state index in [2.05, 4.69) is 4.90 Å². The first kappa shape index (κ1) is 22.3. The van der Waals surface area contributed by atoms with Gasteiger partial charge in [0.1, 0.15) is 5.60 Å². The topological polar surface area (TPSA) is 70.2 Å². The lowest BCUT2D eigenvalue weighted by molar-refractivity contribution is -0.130. The van der Waals surface area contributed by atoms with Crippen LogP contribution in [0, 0.1) is 0 Å². The molecular formula is C23H33N3O4. The number of amides is 2. The van der Waals surface area contributed by atoms with Crippen LogP contribution in [0.2, 0.25) is 0 Å². The van der Waals surface area contributed by atoms with Gasteiger partial charge >= 0.3 is 6.09 Å². The number of ether oxygens (including phenoxy) is 1. The first-order valence-electron chi connectivity index (χ1n) is 10.8. The Bertz CT molecular complexity index is 751. The van der Waals surface area contributed by atoms with Crippen LogP contribution in [-0.4, -0.2) is 83.4 Å². The van der Waals surface area contributed by atoms with Gasteiger partial charge in [-0.2, -0.15) is 0 Å². The van der Waals surface area contributed by atoms with Gasteiger partial charge in [0.25, 0.3) is 0 Å². The number of ketones is 1. The van der Waals surface area contributed by atoms with Crippen molar-refractivity contribution in [3.8, 4) is 0 Å². The van der Waals surface area contributed by atoms with E-state index in [-0.39, 0.29) is 30.6 Å². The van der Waals surface area contributed by atoms with E-state index in [0.29, 0.717) is 31.2 Å². The fraction of sp³-hybridized carbons (Fsp3) is 0.609. The van der Waals surface area contributed by atoms with Gasteiger partial charge in [-0.3, -0.25) is 14.5 Å². The van der Waals surface area contributed by atoms with Gasteiger partial charge in [0.2, 0.25) is 5.91 Å². The van der Waals surface area contributed by atoms with Crippen LogP contribution in [0.1, 0.15) is 50.4 Å². The summed E-state index contributed by atoms with van der Waals surface area (Å²) >= 11 is 0. The van der Waals surface area contributed by atoms with Crippen molar-refractivity contribution in [1.82, 2.24) is 14.7 Å². The maximum Gasteiger partial charge on any atom is 0.410 e. The number of hydrogen-bond donors (Lipinski definition) is 0. The Morgan fingerprint density at radius 2 is 1.60 bits per heavy atom. The molecule has 1 atom stereocenters. The molecule has 0 saturated carbocycles. The fourth-order valence-electron chi connectivity index (χ4n) is 4.01. The molecule has 0 unspecified atom stereocenters. The summed E-state index contributed by atoms with van der Waals surface area (Å²) in [4.78, 5) is 43.0. The standard InChI is InChI=1S/C23H33N3O4/c1-23(2,3)30-22(29)25-15-13-24(14-16-25)19-11-12-26(17-19)21(28)10-9-20(27)18-7-5-4-6-8-18/h4-8,19H,9-17H2,1-3H3/t19-/m1/s1. The summed E-state index contributed by atoms with van der Waals surface area (Å²) in [5.74, 6) is 0.0622. The highest BCUT2D eigenvalue weighted by molar-refractivity contribution is 5.97. The van der Waals surface area contributed by atoms with E-state index >= 15 is 0 Å². The van der Waals surface area contributed by atoms with Gasteiger partial charge in [0.05, 0.1) is 0 Å². The molecule has 2 amide bonds. The maximum atomic E-state index is 12.6. The highest BCUT2D eigenvalue weighted by atomic mass is 16.6. The first-order valence-corrected chi connectivity index (χ1v) is 10.8. The zero-order valence-electron chi connectivity index (χ0n) is 18.3. The van der Waals surface area contributed by atoms with Gasteiger partial charge in [0, 0.05) is 63.7 Å². The molecule has 2 fully saturated rings. The molecule has 7 nitrogen and oxygen atoms in total. The summed E-state index contributed by atoms with van der Waals surface area (Å²) in [5.41, 5.74) is 0.176. The number of rotatable bonds is 5. The number of carbonyl (C=O) groups is 3. The Morgan fingerprint density at radius 3 is 2.23 bits per heavy atom. The van der Waals surface area contributed by atoms with Crippen LogP contribution in [0.15, 0.2) is 30.3 Å². The Labute approximate surface area is 179 Å². The second-order valence-electron chi connectivity index (χ2n) is 9.07. The predicted octanol–water partition coefficient (Wildman–Crippen LogP) is 2.80. The third-order valence-electron chi connectivity index (χ3n) is 5.66. The van der Waals surface area contributed by atoms with Gasteiger partial charge in [-0.1, -0.05) is 30.3 Å². The van der Waals surface area contributed by atoms with E-state index in [4.69, 9.17) is 4.74 Å². The van der Waals surface area contributed by atoms with Gasteiger partial charge in [-0.05, 0) is 27.2 Å². The number of nitrogens with zero attached hydrogens (tertiary/aromatic N) is 3. The Balaban J connectivity index is 1.41. The summed E-state index contributed by atoms with van der Waals surface area (Å²) in [5, 5.41) is 0. The average molecular weight is 416 g/mol. The fourth-order valence-corrected chi connectivity index (χ4v) is 4.01. The van der Waals surface area contributed by atoms with Gasteiger partial charge in [0.15, 0.2) is 5.78 Å². The summed E-state index contributed by atoms with van der Waals surface area (Å²) < 4.78 is 5.45. The van der Waals surface area contributed by atoms with E-state index in [9.17, 15) is 14.4 Å². The number of piperazine rings is 1. The van der Waals surface area contributed by atoms with Crippen molar-refractivity contribution in [2.45, 2.75) is 51.7 Å². The third kappa shape index (κ3) is 6.05. The maximum absolute atomic E-state index is 12.6. The molecule has 2 saturated heterocycles. The van der Waals surface area contributed by atoms with Crippen LogP contribution >= 0.6 is 0 Å². The highest BCUT2D eigenvalue weighted by Gasteiger charge is 2.33. The molecule has 0 aliphatic carbocycles. The Kier molecular flexibility index (Phi) is 7.13. The molecule has 2 aliphatic heterocycles. The minimum atomic E-state index is -0.484. The quantitative estimate of drug-likeness (QED) is 0.692. The van der Waals surface area contributed by atoms with E-state index in [0.717, 1.165) is 26.1 Å². The van der Waals surface area contributed by atoms with Crippen molar-refractivity contribution in [3.63, 3.8) is 0 Å².